The molecule has 1 aromatic carbocycles. The molecule has 9 heteroatoms. The van der Waals surface area contributed by atoms with E-state index in [0.29, 0.717) is 18.3 Å². The highest BCUT2D eigenvalue weighted by Crippen LogP contribution is 2.23. The largest absolute Gasteiger partial charge is 0.396 e. The Labute approximate surface area is 114 Å². The van der Waals surface area contributed by atoms with E-state index in [1.54, 1.807) is 6.92 Å². The van der Waals surface area contributed by atoms with Crippen LogP contribution in [0.1, 0.15) is 12.7 Å². The highest BCUT2D eigenvalue weighted by Gasteiger charge is 2.19. The third kappa shape index (κ3) is 2.72. The van der Waals surface area contributed by atoms with Crippen LogP contribution in [-0.2, 0) is 16.4 Å². The van der Waals surface area contributed by atoms with Crippen molar-refractivity contribution < 1.29 is 17.2 Å². The topological polar surface area (TPSA) is 101 Å². The summed E-state index contributed by atoms with van der Waals surface area (Å²) in [5.74, 6) is -1.54. The van der Waals surface area contributed by atoms with Gasteiger partial charge in [-0.2, -0.15) is 8.42 Å². The lowest BCUT2D eigenvalue weighted by Gasteiger charge is -2.08. The van der Waals surface area contributed by atoms with Gasteiger partial charge in [-0.3, -0.25) is 4.72 Å². The average molecular weight is 302 g/mol. The number of nitrogen functional groups attached to an aromatic ring is 1. The molecule has 0 amide bonds. The number of nitrogens with zero attached hydrogens (tertiary/aromatic N) is 1. The predicted molar refractivity (Wildman–Crippen MR) is 69.5 cm³/mol. The second-order valence-electron chi connectivity index (χ2n) is 4.01. The predicted octanol–water partition coefficient (Wildman–Crippen LogP) is 1.63. The fourth-order valence-electron chi connectivity index (χ4n) is 1.50. The minimum atomic E-state index is -4.04. The van der Waals surface area contributed by atoms with Crippen LogP contribution >= 0.6 is 0 Å². The van der Waals surface area contributed by atoms with Crippen LogP contribution in [-0.4, -0.2) is 18.4 Å². The molecule has 0 aliphatic rings. The molecule has 1 heterocycles. The zero-order valence-electron chi connectivity index (χ0n) is 10.4. The van der Waals surface area contributed by atoms with E-state index in [1.807, 2.05) is 4.72 Å². The summed E-state index contributed by atoms with van der Waals surface area (Å²) in [6.45, 7) is 1.79. The first kappa shape index (κ1) is 14.3. The van der Waals surface area contributed by atoms with Gasteiger partial charge in [0.1, 0.15) is 17.5 Å². The van der Waals surface area contributed by atoms with Gasteiger partial charge in [0.25, 0.3) is 10.0 Å². The number of anilines is 2. The van der Waals surface area contributed by atoms with Crippen LogP contribution in [0, 0.1) is 11.6 Å². The number of aromatic amines is 1. The zero-order valence-corrected chi connectivity index (χ0v) is 11.3. The average Bonchev–Trinajstić information content (AvgIpc) is 2.85. The Kier molecular flexibility index (Phi) is 3.62. The van der Waals surface area contributed by atoms with Gasteiger partial charge in [-0.1, -0.05) is 6.92 Å². The first-order chi connectivity index (χ1) is 9.33. The van der Waals surface area contributed by atoms with Crippen LogP contribution in [0.5, 0.6) is 0 Å². The van der Waals surface area contributed by atoms with Crippen LogP contribution in [0.2, 0.25) is 0 Å². The van der Waals surface area contributed by atoms with E-state index < -0.39 is 27.3 Å². The molecule has 0 atom stereocenters. The molecule has 20 heavy (non-hydrogen) atoms. The van der Waals surface area contributed by atoms with E-state index in [9.17, 15) is 17.2 Å². The van der Waals surface area contributed by atoms with Crippen molar-refractivity contribution in [2.45, 2.75) is 18.4 Å². The highest BCUT2D eigenvalue weighted by atomic mass is 32.2. The summed E-state index contributed by atoms with van der Waals surface area (Å²) in [4.78, 5) is 6.42. The molecule has 0 spiro atoms. The molecule has 0 unspecified atom stereocenters. The van der Waals surface area contributed by atoms with Crippen molar-refractivity contribution in [3.63, 3.8) is 0 Å². The Morgan fingerprint density at radius 1 is 1.35 bits per heavy atom. The Morgan fingerprint density at radius 2 is 2.05 bits per heavy atom. The number of aryl methyl sites for hydroxylation is 1. The monoisotopic (exact) mass is 302 g/mol. The van der Waals surface area contributed by atoms with E-state index >= 15 is 0 Å². The molecule has 0 saturated carbocycles. The number of nitrogens with one attached hydrogen (secondary N) is 2. The molecule has 0 radical (unpaired) electrons. The number of sulfonamides is 1. The van der Waals surface area contributed by atoms with Gasteiger partial charge in [0, 0.05) is 12.5 Å². The Balaban J connectivity index is 2.35. The fourth-order valence-corrected chi connectivity index (χ4v) is 2.50. The van der Waals surface area contributed by atoms with Gasteiger partial charge in [-0.15, -0.1) is 0 Å². The number of hydrogen-bond acceptors (Lipinski definition) is 4. The minimum absolute atomic E-state index is 0.211. The third-order valence-electron chi connectivity index (χ3n) is 2.56. The number of H-pyrrole nitrogens is 1. The normalized spacial score (nSPS) is 11.6. The summed E-state index contributed by atoms with van der Waals surface area (Å²) in [5.41, 5.74) is 4.48. The summed E-state index contributed by atoms with van der Waals surface area (Å²) >= 11 is 0. The van der Waals surface area contributed by atoms with Crippen molar-refractivity contribution in [2.75, 3.05) is 10.5 Å². The summed E-state index contributed by atoms with van der Waals surface area (Å²) in [6, 6.07) is 1.39. The summed E-state index contributed by atoms with van der Waals surface area (Å²) in [7, 11) is -4.04. The molecule has 1 aromatic heterocycles. The van der Waals surface area contributed by atoms with Gasteiger partial charge < -0.3 is 10.7 Å². The number of hydrogen-bond donors (Lipinski definition) is 3. The van der Waals surface area contributed by atoms with E-state index in [2.05, 4.69) is 9.97 Å². The number of rotatable bonds is 4. The van der Waals surface area contributed by atoms with E-state index in [-0.39, 0.29) is 10.7 Å². The van der Waals surface area contributed by atoms with Gasteiger partial charge in [0.05, 0.1) is 17.6 Å². The lowest BCUT2D eigenvalue weighted by Crippen LogP contribution is -2.15. The molecule has 4 N–H and O–H groups in total. The van der Waals surface area contributed by atoms with Crippen molar-refractivity contribution in [2.24, 2.45) is 0 Å². The number of halogens is 2. The van der Waals surface area contributed by atoms with Crippen LogP contribution in [0.25, 0.3) is 0 Å². The molecular weight excluding hydrogens is 290 g/mol. The number of imidazole rings is 1. The van der Waals surface area contributed by atoms with Gasteiger partial charge >= 0.3 is 0 Å². The van der Waals surface area contributed by atoms with Crippen LogP contribution in [0.4, 0.5) is 20.2 Å². The lowest BCUT2D eigenvalue weighted by molar-refractivity contribution is 0.584. The third-order valence-corrected chi connectivity index (χ3v) is 3.84. The molecule has 0 fully saturated rings. The lowest BCUT2D eigenvalue weighted by atomic mass is 10.2. The molecule has 6 nitrogen and oxygen atoms in total. The maximum Gasteiger partial charge on any atom is 0.279 e. The van der Waals surface area contributed by atoms with E-state index in [1.165, 1.54) is 0 Å². The van der Waals surface area contributed by atoms with Gasteiger partial charge in [0.15, 0.2) is 5.03 Å². The van der Waals surface area contributed by atoms with E-state index in [0.717, 1.165) is 12.3 Å². The number of aromatic nitrogens is 2. The molecule has 0 aliphatic heterocycles. The second kappa shape index (κ2) is 5.08. The Bertz CT molecular complexity index is 743. The highest BCUT2D eigenvalue weighted by molar-refractivity contribution is 7.92. The first-order valence-electron chi connectivity index (χ1n) is 5.64. The molecular formula is C11H12F2N4O2S. The van der Waals surface area contributed by atoms with Gasteiger partial charge in [0.2, 0.25) is 0 Å². The van der Waals surface area contributed by atoms with Crippen molar-refractivity contribution >= 4 is 21.4 Å². The minimum Gasteiger partial charge on any atom is -0.396 e. The molecule has 2 aromatic rings. The fraction of sp³-hybridized carbons (Fsp3) is 0.182. The molecule has 0 aliphatic carbocycles. The molecule has 108 valence electrons. The first-order valence-corrected chi connectivity index (χ1v) is 7.13. The zero-order chi connectivity index (χ0) is 14.9. The Morgan fingerprint density at radius 3 is 2.65 bits per heavy atom. The van der Waals surface area contributed by atoms with Crippen molar-refractivity contribution in [1.29, 1.82) is 0 Å². The summed E-state index contributed by atoms with van der Waals surface area (Å²) in [5, 5.41) is -0.211. The van der Waals surface area contributed by atoms with Gasteiger partial charge in [-0.25, -0.2) is 13.8 Å². The van der Waals surface area contributed by atoms with Crippen LogP contribution in [0.3, 0.4) is 0 Å². The maximum absolute atomic E-state index is 13.5. The van der Waals surface area contributed by atoms with Crippen molar-refractivity contribution in [3.05, 3.63) is 35.8 Å². The van der Waals surface area contributed by atoms with Crippen LogP contribution in [0.15, 0.2) is 23.4 Å². The SMILES string of the molecule is CCc1ncc(S(=O)(=O)Nc2cc(N)c(F)cc2F)[nH]1. The molecule has 0 bridgehead atoms. The maximum atomic E-state index is 13.5. The molecule has 0 saturated heterocycles. The second-order valence-corrected chi connectivity index (χ2v) is 5.66. The standard InChI is InChI=1S/C11H12F2N4O2S/c1-2-10-15-5-11(16-10)20(18,19)17-9-4-8(14)6(12)3-7(9)13/h3-5,17H,2,14H2,1H3,(H,15,16). The van der Waals surface area contributed by atoms with Gasteiger partial charge in [-0.05, 0) is 6.07 Å². The van der Waals surface area contributed by atoms with Crippen molar-refractivity contribution in [1.82, 2.24) is 9.97 Å². The van der Waals surface area contributed by atoms with Crippen molar-refractivity contribution in [3.8, 4) is 0 Å². The number of nitrogens with two attached hydrogens (primary N) is 1. The van der Waals surface area contributed by atoms with E-state index in [4.69, 9.17) is 5.73 Å². The number of benzene rings is 1. The molecule has 2 rings (SSSR count). The summed E-state index contributed by atoms with van der Waals surface area (Å²) in [6.07, 6.45) is 1.64. The Hall–Kier alpha value is -2.16. The van der Waals surface area contributed by atoms with Crippen LogP contribution < -0.4 is 10.5 Å². The summed E-state index contributed by atoms with van der Waals surface area (Å²) < 4.78 is 52.5. The smallest absolute Gasteiger partial charge is 0.279 e. The quantitative estimate of drug-likeness (QED) is 0.747.